The number of rotatable bonds is 3. The van der Waals surface area contributed by atoms with Gasteiger partial charge >= 0.3 is 0 Å². The predicted molar refractivity (Wildman–Crippen MR) is 88.6 cm³/mol. The minimum atomic E-state index is 0.472. The summed E-state index contributed by atoms with van der Waals surface area (Å²) in [6.45, 7) is 8.90. The van der Waals surface area contributed by atoms with Gasteiger partial charge in [-0.15, -0.1) is 11.3 Å². The molecule has 1 aromatic carbocycles. The summed E-state index contributed by atoms with van der Waals surface area (Å²) in [5.74, 6) is 0. The molecular weight excluding hydrogens is 266 g/mol. The van der Waals surface area contributed by atoms with Crippen LogP contribution in [0.2, 0.25) is 0 Å². The normalized spacial score (nSPS) is 18.1. The molecule has 0 atom stereocenters. The second-order valence-corrected chi connectivity index (χ2v) is 7.23. The van der Waals surface area contributed by atoms with Crippen LogP contribution in [0.1, 0.15) is 38.1 Å². The highest BCUT2D eigenvalue weighted by Gasteiger charge is 2.35. The van der Waals surface area contributed by atoms with Gasteiger partial charge in [0.25, 0.3) is 0 Å². The molecule has 20 heavy (non-hydrogen) atoms. The number of nitrogen functional groups attached to an aromatic ring is 1. The zero-order valence-electron chi connectivity index (χ0n) is 12.6. The van der Waals surface area contributed by atoms with Gasteiger partial charge in [-0.3, -0.25) is 0 Å². The Labute approximate surface area is 124 Å². The molecule has 1 aliphatic rings. The summed E-state index contributed by atoms with van der Waals surface area (Å²) in [4.78, 5) is 7.05. The third kappa shape index (κ3) is 2.16. The van der Waals surface area contributed by atoms with Gasteiger partial charge in [0, 0.05) is 13.1 Å². The van der Waals surface area contributed by atoms with Gasteiger partial charge in [0.15, 0.2) is 0 Å². The molecule has 2 N–H and O–H groups in total. The van der Waals surface area contributed by atoms with E-state index >= 15 is 0 Å². The molecule has 4 heteroatoms. The van der Waals surface area contributed by atoms with Gasteiger partial charge in [-0.2, -0.15) is 0 Å². The molecular formula is C16H23N3S. The molecule has 0 radical (unpaired) electrons. The molecule has 3 rings (SSSR count). The lowest BCUT2D eigenvalue weighted by Gasteiger charge is -2.27. The van der Waals surface area contributed by atoms with E-state index in [9.17, 15) is 0 Å². The maximum atomic E-state index is 6.28. The van der Waals surface area contributed by atoms with E-state index in [1.807, 2.05) is 0 Å². The van der Waals surface area contributed by atoms with Crippen molar-refractivity contribution in [3.05, 3.63) is 17.1 Å². The number of fused-ring (bicyclic) bond motifs is 1. The standard InChI is InChI=1S/C16H23N3S/c1-4-16(5-2)6-7-19(10-16)14-9-13-15(8-12(14)17)20-11(3)18-13/h8-9H,4-7,10,17H2,1-3H3. The Hall–Kier alpha value is -1.29. The van der Waals surface area contributed by atoms with E-state index < -0.39 is 0 Å². The largest absolute Gasteiger partial charge is 0.397 e. The number of nitrogens with zero attached hydrogens (tertiary/aromatic N) is 2. The van der Waals surface area contributed by atoms with Gasteiger partial charge in [-0.05, 0) is 43.7 Å². The van der Waals surface area contributed by atoms with Crippen LogP contribution in [-0.2, 0) is 0 Å². The molecule has 1 aliphatic heterocycles. The Kier molecular flexibility index (Phi) is 3.36. The van der Waals surface area contributed by atoms with Crippen LogP contribution in [0.3, 0.4) is 0 Å². The maximum Gasteiger partial charge on any atom is 0.0907 e. The van der Waals surface area contributed by atoms with Gasteiger partial charge in [0.1, 0.15) is 0 Å². The Morgan fingerprint density at radius 2 is 2.10 bits per heavy atom. The van der Waals surface area contributed by atoms with Crippen LogP contribution in [0, 0.1) is 12.3 Å². The quantitative estimate of drug-likeness (QED) is 0.861. The average molecular weight is 289 g/mol. The highest BCUT2D eigenvalue weighted by atomic mass is 32.1. The molecule has 0 aliphatic carbocycles. The second-order valence-electron chi connectivity index (χ2n) is 5.99. The van der Waals surface area contributed by atoms with Gasteiger partial charge in [-0.25, -0.2) is 4.98 Å². The highest BCUT2D eigenvalue weighted by Crippen LogP contribution is 2.41. The third-order valence-electron chi connectivity index (χ3n) is 4.92. The number of aromatic nitrogens is 1. The average Bonchev–Trinajstić information content (AvgIpc) is 3.00. The minimum absolute atomic E-state index is 0.472. The van der Waals surface area contributed by atoms with Crippen molar-refractivity contribution in [3.63, 3.8) is 0 Å². The highest BCUT2D eigenvalue weighted by molar-refractivity contribution is 7.18. The van der Waals surface area contributed by atoms with Crippen LogP contribution in [0.15, 0.2) is 12.1 Å². The first-order valence-electron chi connectivity index (χ1n) is 7.48. The number of nitrogens with two attached hydrogens (primary N) is 1. The molecule has 108 valence electrons. The zero-order chi connectivity index (χ0) is 14.3. The van der Waals surface area contributed by atoms with E-state index in [4.69, 9.17) is 5.73 Å². The van der Waals surface area contributed by atoms with Crippen molar-refractivity contribution in [3.8, 4) is 0 Å². The van der Waals surface area contributed by atoms with Crippen LogP contribution >= 0.6 is 11.3 Å². The second kappa shape index (κ2) is 4.92. The molecule has 2 aromatic rings. The zero-order valence-corrected chi connectivity index (χ0v) is 13.4. The number of aryl methyl sites for hydroxylation is 1. The number of benzene rings is 1. The van der Waals surface area contributed by atoms with Crippen LogP contribution in [0.25, 0.3) is 10.2 Å². The van der Waals surface area contributed by atoms with Gasteiger partial charge in [-0.1, -0.05) is 13.8 Å². The summed E-state index contributed by atoms with van der Waals surface area (Å²) in [6.07, 6.45) is 3.77. The summed E-state index contributed by atoms with van der Waals surface area (Å²) in [5.41, 5.74) is 9.91. The number of anilines is 2. The van der Waals surface area contributed by atoms with Crippen molar-refractivity contribution in [1.82, 2.24) is 4.98 Å². The van der Waals surface area contributed by atoms with E-state index in [2.05, 4.69) is 42.8 Å². The van der Waals surface area contributed by atoms with Crippen LogP contribution in [-0.4, -0.2) is 18.1 Å². The van der Waals surface area contributed by atoms with Crippen LogP contribution in [0.5, 0.6) is 0 Å². The smallest absolute Gasteiger partial charge is 0.0907 e. The van der Waals surface area contributed by atoms with E-state index in [0.717, 1.165) is 29.3 Å². The van der Waals surface area contributed by atoms with Gasteiger partial charge in [0.05, 0.1) is 26.6 Å². The van der Waals surface area contributed by atoms with Crippen molar-refractivity contribution in [2.45, 2.75) is 40.0 Å². The number of hydrogen-bond acceptors (Lipinski definition) is 4. The lowest BCUT2D eigenvalue weighted by molar-refractivity contribution is 0.301. The molecule has 0 spiro atoms. The van der Waals surface area contributed by atoms with Gasteiger partial charge in [0.2, 0.25) is 0 Å². The first-order valence-corrected chi connectivity index (χ1v) is 8.30. The van der Waals surface area contributed by atoms with Crippen molar-refractivity contribution < 1.29 is 0 Å². The predicted octanol–water partition coefficient (Wildman–Crippen LogP) is 4.20. The topological polar surface area (TPSA) is 42.2 Å². The molecule has 1 fully saturated rings. The van der Waals surface area contributed by atoms with Crippen molar-refractivity contribution in [1.29, 1.82) is 0 Å². The monoisotopic (exact) mass is 289 g/mol. The summed E-state index contributed by atoms with van der Waals surface area (Å²) in [5, 5.41) is 1.11. The molecule has 1 saturated heterocycles. The van der Waals surface area contributed by atoms with Crippen molar-refractivity contribution in [2.75, 3.05) is 23.7 Å². The molecule has 0 unspecified atom stereocenters. The Balaban J connectivity index is 1.96. The minimum Gasteiger partial charge on any atom is -0.397 e. The fourth-order valence-corrected chi connectivity index (χ4v) is 4.19. The number of hydrogen-bond donors (Lipinski definition) is 1. The van der Waals surface area contributed by atoms with E-state index in [-0.39, 0.29) is 0 Å². The lowest BCUT2D eigenvalue weighted by Crippen LogP contribution is -2.26. The first kappa shape index (κ1) is 13.7. The van der Waals surface area contributed by atoms with E-state index in [1.54, 1.807) is 11.3 Å². The first-order chi connectivity index (χ1) is 9.57. The van der Waals surface area contributed by atoms with Crippen molar-refractivity contribution in [2.24, 2.45) is 5.41 Å². The molecule has 0 bridgehead atoms. The Bertz CT molecular complexity index is 628. The summed E-state index contributed by atoms with van der Waals surface area (Å²) in [6, 6.07) is 4.27. The molecule has 1 aromatic heterocycles. The van der Waals surface area contributed by atoms with Gasteiger partial charge < -0.3 is 10.6 Å². The van der Waals surface area contributed by atoms with Crippen LogP contribution < -0.4 is 10.6 Å². The van der Waals surface area contributed by atoms with E-state index in [0.29, 0.717) is 5.41 Å². The molecule has 0 saturated carbocycles. The van der Waals surface area contributed by atoms with E-state index in [1.165, 1.54) is 29.6 Å². The lowest BCUT2D eigenvalue weighted by atomic mass is 9.82. The maximum absolute atomic E-state index is 6.28. The van der Waals surface area contributed by atoms with Crippen molar-refractivity contribution >= 4 is 32.9 Å². The summed E-state index contributed by atoms with van der Waals surface area (Å²) >= 11 is 1.72. The summed E-state index contributed by atoms with van der Waals surface area (Å²) in [7, 11) is 0. The third-order valence-corrected chi connectivity index (χ3v) is 5.86. The fourth-order valence-electron chi connectivity index (χ4n) is 3.34. The Morgan fingerprint density at radius 3 is 2.75 bits per heavy atom. The molecule has 3 nitrogen and oxygen atoms in total. The summed E-state index contributed by atoms with van der Waals surface area (Å²) < 4.78 is 1.19. The Morgan fingerprint density at radius 1 is 1.35 bits per heavy atom. The molecule has 2 heterocycles. The van der Waals surface area contributed by atoms with Crippen LogP contribution in [0.4, 0.5) is 11.4 Å². The SMILES string of the molecule is CCC1(CC)CCN(c2cc3nc(C)sc3cc2N)C1. The fraction of sp³-hybridized carbons (Fsp3) is 0.562. The molecule has 0 amide bonds. The number of thiazole rings is 1.